The lowest BCUT2D eigenvalue weighted by molar-refractivity contribution is 0.0161. The molecule has 1 aromatic rings. The van der Waals surface area contributed by atoms with Crippen molar-refractivity contribution in [1.29, 1.82) is 0 Å². The minimum absolute atomic E-state index is 0.00639. The van der Waals surface area contributed by atoms with Gasteiger partial charge in [-0.25, -0.2) is 4.79 Å². The highest BCUT2D eigenvalue weighted by molar-refractivity contribution is 5.68. The van der Waals surface area contributed by atoms with E-state index in [1.165, 1.54) is 11.1 Å². The third kappa shape index (κ3) is 4.53. The number of aliphatic hydroxyl groups excluding tert-OH is 1. The lowest BCUT2D eigenvalue weighted by Crippen LogP contribution is -2.45. The Morgan fingerprint density at radius 2 is 2.12 bits per heavy atom. The Labute approximate surface area is 150 Å². The minimum Gasteiger partial charge on any atom is -0.444 e. The standard InChI is InChI=1S/C20H30N2O3/c1-20(2,3)25-19(24)22-10-6-7-14(13-22)12-21-18-16-9-5-4-8-15(16)11-17(18)23/h4-5,8-9,14,17-18,21,23H,6-7,10-13H2,1-3H3/t14?,17-,18+/m0/s1. The van der Waals surface area contributed by atoms with Gasteiger partial charge in [0.1, 0.15) is 5.60 Å². The van der Waals surface area contributed by atoms with Crippen LogP contribution in [-0.2, 0) is 11.2 Å². The molecule has 5 heteroatoms. The highest BCUT2D eigenvalue weighted by Gasteiger charge is 2.32. The Hall–Kier alpha value is -1.59. The van der Waals surface area contributed by atoms with Crippen molar-refractivity contribution in [1.82, 2.24) is 10.2 Å². The number of likely N-dealkylation sites (tertiary alicyclic amines) is 1. The molecule has 1 aliphatic heterocycles. The van der Waals surface area contributed by atoms with E-state index in [1.807, 2.05) is 37.8 Å². The van der Waals surface area contributed by atoms with E-state index >= 15 is 0 Å². The summed E-state index contributed by atoms with van der Waals surface area (Å²) >= 11 is 0. The molecular weight excluding hydrogens is 316 g/mol. The van der Waals surface area contributed by atoms with E-state index in [2.05, 4.69) is 17.4 Å². The van der Waals surface area contributed by atoms with Crippen molar-refractivity contribution >= 4 is 6.09 Å². The van der Waals surface area contributed by atoms with Crippen molar-refractivity contribution in [2.24, 2.45) is 5.92 Å². The summed E-state index contributed by atoms with van der Waals surface area (Å²) in [6.07, 6.45) is 2.21. The molecule has 1 saturated heterocycles. The second kappa shape index (κ2) is 7.34. The van der Waals surface area contributed by atoms with Crippen molar-refractivity contribution in [2.75, 3.05) is 19.6 Å². The van der Waals surface area contributed by atoms with E-state index < -0.39 is 5.60 Å². The summed E-state index contributed by atoms with van der Waals surface area (Å²) in [5, 5.41) is 13.9. The largest absolute Gasteiger partial charge is 0.444 e. The number of hydrogen-bond donors (Lipinski definition) is 2. The molecule has 138 valence electrons. The lowest BCUT2D eigenvalue weighted by atomic mass is 9.97. The second-order valence-corrected chi connectivity index (χ2v) is 8.29. The van der Waals surface area contributed by atoms with Gasteiger partial charge in [0.25, 0.3) is 0 Å². The molecule has 25 heavy (non-hydrogen) atoms. The van der Waals surface area contributed by atoms with Crippen LogP contribution < -0.4 is 5.32 Å². The highest BCUT2D eigenvalue weighted by atomic mass is 16.6. The van der Waals surface area contributed by atoms with Crippen LogP contribution in [0.15, 0.2) is 24.3 Å². The molecule has 0 radical (unpaired) electrons. The molecule has 1 aliphatic carbocycles. The molecule has 0 aromatic heterocycles. The maximum atomic E-state index is 12.3. The molecule has 1 amide bonds. The quantitative estimate of drug-likeness (QED) is 0.883. The van der Waals surface area contributed by atoms with Gasteiger partial charge in [-0.3, -0.25) is 0 Å². The lowest BCUT2D eigenvalue weighted by Gasteiger charge is -2.35. The molecule has 3 rings (SSSR count). The first-order chi connectivity index (χ1) is 11.8. The van der Waals surface area contributed by atoms with Crippen molar-refractivity contribution in [3.8, 4) is 0 Å². The number of ether oxygens (including phenoxy) is 1. The Morgan fingerprint density at radius 3 is 2.88 bits per heavy atom. The van der Waals surface area contributed by atoms with Crippen LogP contribution in [0.1, 0.15) is 50.8 Å². The summed E-state index contributed by atoms with van der Waals surface area (Å²) in [4.78, 5) is 14.1. The molecular formula is C20H30N2O3. The van der Waals surface area contributed by atoms with E-state index in [0.717, 1.165) is 25.9 Å². The molecule has 0 spiro atoms. The van der Waals surface area contributed by atoms with Gasteiger partial charge in [0.15, 0.2) is 0 Å². The van der Waals surface area contributed by atoms with Crippen molar-refractivity contribution in [3.05, 3.63) is 35.4 Å². The first-order valence-electron chi connectivity index (χ1n) is 9.30. The van der Waals surface area contributed by atoms with E-state index in [1.54, 1.807) is 0 Å². The Morgan fingerprint density at radius 1 is 1.36 bits per heavy atom. The van der Waals surface area contributed by atoms with Gasteiger partial charge in [-0.1, -0.05) is 24.3 Å². The average Bonchev–Trinajstić information content (AvgIpc) is 2.87. The van der Waals surface area contributed by atoms with E-state index in [-0.39, 0.29) is 18.2 Å². The van der Waals surface area contributed by atoms with Gasteiger partial charge in [-0.05, 0) is 50.7 Å². The number of rotatable bonds is 3. The molecule has 1 heterocycles. The van der Waals surface area contributed by atoms with Gasteiger partial charge < -0.3 is 20.1 Å². The van der Waals surface area contributed by atoms with Crippen LogP contribution >= 0.6 is 0 Å². The zero-order valence-corrected chi connectivity index (χ0v) is 15.5. The van der Waals surface area contributed by atoms with Gasteiger partial charge in [-0.15, -0.1) is 0 Å². The summed E-state index contributed by atoms with van der Waals surface area (Å²) in [6.45, 7) is 7.97. The number of carbonyl (C=O) groups excluding carboxylic acids is 1. The zero-order chi connectivity index (χ0) is 18.0. The molecule has 1 fully saturated rings. The molecule has 3 atom stereocenters. The average molecular weight is 346 g/mol. The van der Waals surface area contributed by atoms with E-state index in [0.29, 0.717) is 18.9 Å². The molecule has 1 unspecified atom stereocenters. The number of hydrogen-bond acceptors (Lipinski definition) is 4. The summed E-state index contributed by atoms with van der Waals surface area (Å²) in [6, 6.07) is 8.22. The topological polar surface area (TPSA) is 61.8 Å². The van der Waals surface area contributed by atoms with Crippen LogP contribution in [0, 0.1) is 5.92 Å². The second-order valence-electron chi connectivity index (χ2n) is 8.29. The van der Waals surface area contributed by atoms with Crippen LogP contribution in [0.2, 0.25) is 0 Å². The molecule has 2 N–H and O–H groups in total. The summed E-state index contributed by atoms with van der Waals surface area (Å²) in [5.74, 6) is 0.390. The fourth-order valence-electron chi connectivity index (χ4n) is 3.84. The molecule has 0 saturated carbocycles. The van der Waals surface area contributed by atoms with Crippen LogP contribution in [0.4, 0.5) is 4.79 Å². The molecule has 5 nitrogen and oxygen atoms in total. The van der Waals surface area contributed by atoms with Gasteiger partial charge >= 0.3 is 6.09 Å². The fourth-order valence-corrected chi connectivity index (χ4v) is 3.84. The number of amides is 1. The number of piperidine rings is 1. The molecule has 2 aliphatic rings. The molecule has 0 bridgehead atoms. The Balaban J connectivity index is 1.54. The highest BCUT2D eigenvalue weighted by Crippen LogP contribution is 2.31. The predicted molar refractivity (Wildman–Crippen MR) is 97.4 cm³/mol. The van der Waals surface area contributed by atoms with Gasteiger partial charge in [0.2, 0.25) is 0 Å². The first-order valence-corrected chi connectivity index (χ1v) is 9.30. The van der Waals surface area contributed by atoms with Gasteiger partial charge in [0.05, 0.1) is 12.1 Å². The van der Waals surface area contributed by atoms with Crippen LogP contribution in [-0.4, -0.2) is 47.4 Å². The maximum absolute atomic E-state index is 12.3. The summed E-state index contributed by atoms with van der Waals surface area (Å²) < 4.78 is 5.49. The van der Waals surface area contributed by atoms with Crippen LogP contribution in [0.3, 0.4) is 0 Å². The first kappa shape index (κ1) is 18.2. The number of nitrogens with zero attached hydrogens (tertiary/aromatic N) is 1. The zero-order valence-electron chi connectivity index (χ0n) is 15.5. The number of benzene rings is 1. The number of carbonyl (C=O) groups is 1. The number of nitrogens with one attached hydrogen (secondary N) is 1. The summed E-state index contributed by atoms with van der Waals surface area (Å²) in [5.41, 5.74) is 1.97. The maximum Gasteiger partial charge on any atom is 0.410 e. The third-order valence-corrected chi connectivity index (χ3v) is 5.00. The SMILES string of the molecule is CC(C)(C)OC(=O)N1CCCC(CN[C@@H]2c3ccccc3C[C@@H]2O)C1. The van der Waals surface area contributed by atoms with Gasteiger partial charge in [-0.2, -0.15) is 0 Å². The smallest absolute Gasteiger partial charge is 0.410 e. The van der Waals surface area contributed by atoms with Crippen molar-refractivity contribution in [2.45, 2.75) is 57.8 Å². The van der Waals surface area contributed by atoms with Gasteiger partial charge in [0, 0.05) is 26.1 Å². The third-order valence-electron chi connectivity index (χ3n) is 5.00. The minimum atomic E-state index is -0.458. The van der Waals surface area contributed by atoms with Crippen LogP contribution in [0.5, 0.6) is 0 Å². The van der Waals surface area contributed by atoms with E-state index in [4.69, 9.17) is 4.74 Å². The molecule has 1 aromatic carbocycles. The predicted octanol–water partition coefficient (Wildman–Crippen LogP) is 2.88. The Bertz CT molecular complexity index is 611. The van der Waals surface area contributed by atoms with Crippen LogP contribution in [0.25, 0.3) is 0 Å². The monoisotopic (exact) mass is 346 g/mol. The Kier molecular flexibility index (Phi) is 5.35. The fraction of sp³-hybridized carbons (Fsp3) is 0.650. The van der Waals surface area contributed by atoms with Crippen molar-refractivity contribution < 1.29 is 14.6 Å². The number of fused-ring (bicyclic) bond motifs is 1. The normalized spacial score (nSPS) is 26.4. The van der Waals surface area contributed by atoms with E-state index in [9.17, 15) is 9.90 Å². The summed E-state index contributed by atoms with van der Waals surface area (Å²) in [7, 11) is 0. The number of aliphatic hydroxyl groups is 1. The van der Waals surface area contributed by atoms with Crippen molar-refractivity contribution in [3.63, 3.8) is 0 Å².